The van der Waals surface area contributed by atoms with E-state index in [1.165, 1.54) is 14.1 Å². The number of halogens is 5. The maximum absolute atomic E-state index is 12.2. The molecule has 0 saturated carbocycles. The smallest absolute Gasteiger partial charge is 0.438 e. The number of hydrogen-bond acceptors (Lipinski definition) is 1. The van der Waals surface area contributed by atoms with Crippen LogP contribution in [0.3, 0.4) is 0 Å². The average molecular weight is 269 g/mol. The van der Waals surface area contributed by atoms with Crippen molar-refractivity contribution < 1.29 is 30.1 Å². The molecular formula is C8H17Cl2F3N2. The van der Waals surface area contributed by atoms with Gasteiger partial charge in [0, 0.05) is 0 Å². The van der Waals surface area contributed by atoms with E-state index >= 15 is 0 Å². The van der Waals surface area contributed by atoms with Crippen molar-refractivity contribution in [3.8, 4) is 0 Å². The Morgan fingerprint density at radius 1 is 1.13 bits per heavy atom. The van der Waals surface area contributed by atoms with Gasteiger partial charge >= 0.3 is 6.18 Å². The van der Waals surface area contributed by atoms with E-state index in [2.05, 4.69) is 4.84 Å². The van der Waals surface area contributed by atoms with E-state index in [-0.39, 0.29) is 16.9 Å². The van der Waals surface area contributed by atoms with Crippen molar-refractivity contribution in [2.75, 3.05) is 27.2 Å². The summed E-state index contributed by atoms with van der Waals surface area (Å²) in [5.74, 6) is 0. The lowest BCUT2D eigenvalue weighted by atomic mass is 10.1. The monoisotopic (exact) mass is 268 g/mol. The second-order valence-corrected chi connectivity index (χ2v) is 5.03. The second kappa shape index (κ2) is 5.57. The van der Waals surface area contributed by atoms with Crippen molar-refractivity contribution in [2.45, 2.75) is 25.6 Å². The molecule has 0 spiro atoms. The van der Waals surface area contributed by atoms with Crippen LogP contribution in [-0.4, -0.2) is 43.4 Å². The lowest BCUT2D eigenvalue weighted by Crippen LogP contribution is -3.00. The second-order valence-electron chi connectivity index (χ2n) is 4.85. The Hall–Kier alpha value is 0.290. The highest BCUT2D eigenvalue weighted by atomic mass is 35.5. The summed E-state index contributed by atoms with van der Waals surface area (Å²) in [5.41, 5.74) is -0.518. The van der Waals surface area contributed by atoms with Crippen molar-refractivity contribution in [1.82, 2.24) is 4.84 Å². The third kappa shape index (κ3) is 9.23. The Balaban J connectivity index is 0. The molecule has 0 rings (SSSR count). The van der Waals surface area contributed by atoms with E-state index in [4.69, 9.17) is 11.8 Å². The molecule has 0 aromatic heterocycles. The van der Waals surface area contributed by atoms with Gasteiger partial charge in [0.25, 0.3) is 0 Å². The summed E-state index contributed by atoms with van der Waals surface area (Å²) < 4.78 is 36.3. The summed E-state index contributed by atoms with van der Waals surface area (Å²) in [6.07, 6.45) is -4.15. The fraction of sp³-hybridized carbons (Fsp3) is 1.00. The third-order valence-electron chi connectivity index (χ3n) is 1.69. The number of nitrogens with one attached hydrogen (secondary N) is 1. The number of nitrogens with zero attached hydrogens (tertiary/aromatic N) is 1. The standard InChI is InChI=1S/C8H17ClF3N2.ClH/c1-7(2,13-9)5-14(3,4)6-8(10,11)12;/h13H,5-6H2,1-4H3;1H/q+1;/p-1. The Bertz CT molecular complexity index is 193. The van der Waals surface area contributed by atoms with Gasteiger partial charge < -0.3 is 16.9 Å². The summed E-state index contributed by atoms with van der Waals surface area (Å²) in [6, 6.07) is 0. The zero-order chi connectivity index (χ0) is 11.6. The molecule has 2 nitrogen and oxygen atoms in total. The number of rotatable bonds is 4. The van der Waals surface area contributed by atoms with Crippen molar-refractivity contribution >= 4 is 11.8 Å². The van der Waals surface area contributed by atoms with Crippen LogP contribution in [0, 0.1) is 0 Å². The van der Waals surface area contributed by atoms with Crippen LogP contribution >= 0.6 is 11.8 Å². The lowest BCUT2D eigenvalue weighted by molar-refractivity contribution is -0.903. The topological polar surface area (TPSA) is 12.0 Å². The molecule has 0 bridgehead atoms. The first-order valence-electron chi connectivity index (χ1n) is 4.24. The summed E-state index contributed by atoms with van der Waals surface area (Å²) in [6.45, 7) is 2.97. The minimum atomic E-state index is -4.15. The van der Waals surface area contributed by atoms with Gasteiger partial charge in [-0.2, -0.15) is 13.2 Å². The van der Waals surface area contributed by atoms with E-state index in [9.17, 15) is 13.2 Å². The van der Waals surface area contributed by atoms with Crippen molar-refractivity contribution in [2.24, 2.45) is 0 Å². The molecule has 0 aliphatic heterocycles. The quantitative estimate of drug-likeness (QED) is 0.518. The fourth-order valence-corrected chi connectivity index (χ4v) is 1.70. The summed E-state index contributed by atoms with van der Waals surface area (Å²) in [4.78, 5) is 2.47. The van der Waals surface area contributed by atoms with E-state index < -0.39 is 18.3 Å². The lowest BCUT2D eigenvalue weighted by Gasteiger charge is -2.36. The van der Waals surface area contributed by atoms with Crippen molar-refractivity contribution in [3.63, 3.8) is 0 Å². The summed E-state index contributed by atoms with van der Waals surface area (Å²) in [5, 5.41) is 0. The molecule has 0 saturated heterocycles. The fourth-order valence-electron chi connectivity index (χ4n) is 1.64. The zero-order valence-corrected chi connectivity index (χ0v) is 10.8. The largest absolute Gasteiger partial charge is 1.00 e. The molecule has 1 N–H and O–H groups in total. The van der Waals surface area contributed by atoms with E-state index in [1.807, 2.05) is 0 Å². The molecule has 7 heteroatoms. The van der Waals surface area contributed by atoms with Gasteiger partial charge in [-0.3, -0.25) is 0 Å². The van der Waals surface area contributed by atoms with Crippen LogP contribution in [0.1, 0.15) is 13.8 Å². The molecule has 0 aromatic carbocycles. The highest BCUT2D eigenvalue weighted by molar-refractivity contribution is 6.13. The first-order valence-corrected chi connectivity index (χ1v) is 4.62. The molecule has 0 amide bonds. The molecule has 0 fully saturated rings. The molecule has 15 heavy (non-hydrogen) atoms. The van der Waals surface area contributed by atoms with Gasteiger partial charge in [0.2, 0.25) is 0 Å². The molecule has 0 aliphatic rings. The van der Waals surface area contributed by atoms with Gasteiger partial charge in [-0.25, -0.2) is 4.84 Å². The molecule has 0 heterocycles. The van der Waals surface area contributed by atoms with E-state index in [0.717, 1.165) is 0 Å². The van der Waals surface area contributed by atoms with Crippen LogP contribution in [-0.2, 0) is 0 Å². The highest BCUT2D eigenvalue weighted by Gasteiger charge is 2.39. The third-order valence-corrected chi connectivity index (χ3v) is 2.20. The van der Waals surface area contributed by atoms with Gasteiger partial charge in [0.1, 0.15) is 0 Å². The zero-order valence-electron chi connectivity index (χ0n) is 9.25. The van der Waals surface area contributed by atoms with Gasteiger partial charge in [-0.15, -0.1) is 0 Å². The first-order chi connectivity index (χ1) is 5.97. The predicted molar refractivity (Wildman–Crippen MR) is 51.0 cm³/mol. The van der Waals surface area contributed by atoms with Crippen molar-refractivity contribution in [1.29, 1.82) is 0 Å². The van der Waals surface area contributed by atoms with E-state index in [0.29, 0.717) is 6.54 Å². The molecule has 0 unspecified atom stereocenters. The number of alkyl halides is 3. The maximum atomic E-state index is 12.2. The Kier molecular flexibility index (Phi) is 6.56. The molecule has 0 radical (unpaired) electrons. The van der Waals surface area contributed by atoms with Gasteiger partial charge in [0.15, 0.2) is 6.54 Å². The maximum Gasteiger partial charge on any atom is 0.438 e. The first kappa shape index (κ1) is 17.7. The van der Waals surface area contributed by atoms with Crippen LogP contribution in [0.25, 0.3) is 0 Å². The van der Waals surface area contributed by atoms with Crippen LogP contribution < -0.4 is 17.2 Å². The van der Waals surface area contributed by atoms with E-state index in [1.54, 1.807) is 13.8 Å². The molecular weight excluding hydrogens is 252 g/mol. The Morgan fingerprint density at radius 3 is 1.80 bits per heavy atom. The van der Waals surface area contributed by atoms with Crippen LogP contribution in [0.15, 0.2) is 0 Å². The van der Waals surface area contributed by atoms with Crippen LogP contribution in [0.4, 0.5) is 13.2 Å². The Morgan fingerprint density at radius 2 is 1.53 bits per heavy atom. The SMILES string of the molecule is CC(C)(C[N+](C)(C)CC(F)(F)F)NCl.[Cl-]. The Labute approximate surface area is 99.9 Å². The van der Waals surface area contributed by atoms with Crippen molar-refractivity contribution in [3.05, 3.63) is 0 Å². The minimum Gasteiger partial charge on any atom is -1.00 e. The normalized spacial score (nSPS) is 13.6. The molecule has 0 aliphatic carbocycles. The van der Waals surface area contributed by atoms with Gasteiger partial charge in [-0.05, 0) is 25.6 Å². The number of likely N-dealkylation sites (N-methyl/N-ethyl adjacent to an activating group) is 1. The average Bonchev–Trinajstić information content (AvgIpc) is 1.78. The minimum absolute atomic E-state index is 0. The van der Waals surface area contributed by atoms with Gasteiger partial charge in [0.05, 0.1) is 26.2 Å². The van der Waals surface area contributed by atoms with Gasteiger partial charge in [-0.1, -0.05) is 0 Å². The molecule has 0 atom stereocenters. The highest BCUT2D eigenvalue weighted by Crippen LogP contribution is 2.21. The number of quaternary nitrogens is 1. The van der Waals surface area contributed by atoms with Crippen LogP contribution in [0.5, 0.6) is 0 Å². The summed E-state index contributed by atoms with van der Waals surface area (Å²) in [7, 11) is 3.06. The van der Waals surface area contributed by atoms with Crippen LogP contribution in [0.2, 0.25) is 0 Å². The molecule has 0 aromatic rings. The summed E-state index contributed by atoms with van der Waals surface area (Å²) >= 11 is 5.43. The molecule has 94 valence electrons. The predicted octanol–water partition coefficient (Wildman–Crippen LogP) is -0.849. The number of hydrogen-bond donors (Lipinski definition) is 1.